The molecule has 4 bridgehead atoms. The normalized spacial score (nSPS) is 26.2. The van der Waals surface area contributed by atoms with Gasteiger partial charge in [-0.1, -0.05) is 40.2 Å². The topological polar surface area (TPSA) is 86.8 Å². The summed E-state index contributed by atoms with van der Waals surface area (Å²) in [6.07, 6.45) is 8.91. The van der Waals surface area contributed by atoms with E-state index in [1.165, 1.54) is 56.0 Å². The van der Waals surface area contributed by atoms with E-state index in [9.17, 15) is 18.0 Å². The summed E-state index contributed by atoms with van der Waals surface area (Å²) >= 11 is 3.45. The van der Waals surface area contributed by atoms with Gasteiger partial charge in [0.25, 0.3) is 0 Å². The molecule has 0 unspecified atom stereocenters. The van der Waals surface area contributed by atoms with E-state index in [1.54, 1.807) is 6.92 Å². The summed E-state index contributed by atoms with van der Waals surface area (Å²) in [5.74, 6) is 1.70. The second-order valence-electron chi connectivity index (χ2n) is 12.0. The van der Waals surface area contributed by atoms with Crippen LogP contribution in [0.5, 0.6) is 0 Å². The lowest BCUT2D eigenvalue weighted by Gasteiger charge is -2.57. The van der Waals surface area contributed by atoms with Crippen LogP contribution in [0.15, 0.2) is 53.0 Å². The molecule has 1 atom stereocenters. The van der Waals surface area contributed by atoms with Gasteiger partial charge in [-0.2, -0.15) is 0 Å². The molecule has 4 fully saturated rings. The second-order valence-corrected chi connectivity index (χ2v) is 14.8. The van der Waals surface area contributed by atoms with Crippen molar-refractivity contribution < 1.29 is 18.0 Å². The van der Waals surface area contributed by atoms with Gasteiger partial charge < -0.3 is 10.2 Å². The molecule has 4 aliphatic rings. The molecule has 4 saturated carbocycles. The van der Waals surface area contributed by atoms with E-state index in [0.717, 1.165) is 38.4 Å². The zero-order valence-corrected chi connectivity index (χ0v) is 25.3. The summed E-state index contributed by atoms with van der Waals surface area (Å²) in [4.78, 5) is 27.6. The number of hydrogen-bond acceptors (Lipinski definition) is 4. The number of sulfonamides is 1. The molecule has 2 amide bonds. The zero-order valence-electron chi connectivity index (χ0n) is 22.9. The van der Waals surface area contributed by atoms with Gasteiger partial charge >= 0.3 is 0 Å². The van der Waals surface area contributed by atoms with E-state index in [0.29, 0.717) is 5.69 Å². The van der Waals surface area contributed by atoms with Crippen LogP contribution < -0.4 is 9.62 Å². The maximum absolute atomic E-state index is 13.6. The van der Waals surface area contributed by atoms with Crippen LogP contribution in [0, 0.1) is 17.8 Å². The Morgan fingerprint density at radius 1 is 1.03 bits per heavy atom. The lowest BCUT2D eigenvalue weighted by Crippen LogP contribution is -2.50. The molecule has 7 nitrogen and oxygen atoms in total. The molecule has 0 heterocycles. The van der Waals surface area contributed by atoms with E-state index in [2.05, 4.69) is 33.4 Å². The van der Waals surface area contributed by atoms with Gasteiger partial charge in [0.15, 0.2) is 0 Å². The third-order valence-electron chi connectivity index (χ3n) is 9.14. The Balaban J connectivity index is 1.39. The Bertz CT molecular complexity index is 1310. The third kappa shape index (κ3) is 5.89. The van der Waals surface area contributed by atoms with Gasteiger partial charge in [0.05, 0.1) is 11.9 Å². The first-order valence-electron chi connectivity index (χ1n) is 13.8. The molecule has 4 aliphatic carbocycles. The van der Waals surface area contributed by atoms with Crippen LogP contribution in [0.4, 0.5) is 5.69 Å². The number of carbonyl (C=O) groups is 2. The number of amides is 2. The molecule has 0 aliphatic heterocycles. The largest absolute Gasteiger partial charge is 0.357 e. The van der Waals surface area contributed by atoms with Gasteiger partial charge in [-0.05, 0) is 104 Å². The third-order valence-corrected chi connectivity index (χ3v) is 10.8. The highest BCUT2D eigenvalue weighted by molar-refractivity contribution is 9.10. The number of anilines is 1. The highest BCUT2D eigenvalue weighted by atomic mass is 79.9. The van der Waals surface area contributed by atoms with Crippen molar-refractivity contribution >= 4 is 43.5 Å². The maximum atomic E-state index is 13.6. The molecule has 6 rings (SSSR count). The highest BCUT2D eigenvalue weighted by Crippen LogP contribution is 2.60. The van der Waals surface area contributed by atoms with Crippen molar-refractivity contribution in [2.24, 2.45) is 17.8 Å². The lowest BCUT2D eigenvalue weighted by molar-refractivity contribution is -0.139. The number of hydrogen-bond donors (Lipinski definition) is 1. The van der Waals surface area contributed by atoms with Crippen molar-refractivity contribution in [1.82, 2.24) is 10.2 Å². The number of halogens is 1. The maximum Gasteiger partial charge on any atom is 0.244 e. The van der Waals surface area contributed by atoms with Crippen LogP contribution >= 0.6 is 15.9 Å². The molecule has 9 heteroatoms. The minimum atomic E-state index is -3.76. The van der Waals surface area contributed by atoms with E-state index >= 15 is 0 Å². The minimum absolute atomic E-state index is 0.176. The molecule has 2 aromatic rings. The van der Waals surface area contributed by atoms with Crippen molar-refractivity contribution in [2.45, 2.75) is 63.5 Å². The second kappa shape index (κ2) is 10.9. The molecular formula is C30H38BrN3O4S. The molecule has 0 radical (unpaired) electrons. The Hall–Kier alpha value is -2.39. The number of nitrogens with one attached hydrogen (secondary N) is 1. The SMILES string of the molecule is CNC(=O)[C@H](C)N(Cc1cccc(Br)c1)C(=O)CN(c1ccc(C23CC4CC(CC(C4)C2)C3)cc1)S(C)(=O)=O. The summed E-state index contributed by atoms with van der Waals surface area (Å²) in [5.41, 5.74) is 2.81. The van der Waals surface area contributed by atoms with E-state index in [4.69, 9.17) is 0 Å². The Morgan fingerprint density at radius 3 is 2.13 bits per heavy atom. The minimum Gasteiger partial charge on any atom is -0.357 e. The molecule has 210 valence electrons. The van der Waals surface area contributed by atoms with Crippen LogP contribution in [-0.4, -0.2) is 51.0 Å². The Labute approximate surface area is 240 Å². The van der Waals surface area contributed by atoms with Crippen molar-refractivity contribution in [2.75, 3.05) is 24.2 Å². The zero-order chi connectivity index (χ0) is 27.9. The fourth-order valence-corrected chi connectivity index (χ4v) is 8.98. The van der Waals surface area contributed by atoms with Crippen molar-refractivity contribution in [1.29, 1.82) is 0 Å². The van der Waals surface area contributed by atoms with Crippen LogP contribution in [-0.2, 0) is 31.6 Å². The fourth-order valence-electron chi connectivity index (χ4n) is 7.68. The van der Waals surface area contributed by atoms with Crippen LogP contribution in [0.25, 0.3) is 0 Å². The molecule has 0 saturated heterocycles. The first kappa shape index (κ1) is 28.1. The fraction of sp³-hybridized carbons (Fsp3) is 0.533. The number of benzene rings is 2. The van der Waals surface area contributed by atoms with Gasteiger partial charge in [-0.25, -0.2) is 8.42 Å². The number of rotatable bonds is 9. The van der Waals surface area contributed by atoms with Gasteiger partial charge in [0.1, 0.15) is 12.6 Å². The summed E-state index contributed by atoms with van der Waals surface area (Å²) in [6, 6.07) is 14.6. The average Bonchev–Trinajstić information content (AvgIpc) is 2.88. The van der Waals surface area contributed by atoms with Crippen molar-refractivity contribution in [3.05, 3.63) is 64.1 Å². The molecule has 39 heavy (non-hydrogen) atoms. The summed E-state index contributed by atoms with van der Waals surface area (Å²) in [5, 5.41) is 2.60. The van der Waals surface area contributed by atoms with Gasteiger partial charge in [0.2, 0.25) is 21.8 Å². The number of likely N-dealkylation sites (N-methyl/N-ethyl adjacent to an activating group) is 1. The van der Waals surface area contributed by atoms with Crippen LogP contribution in [0.2, 0.25) is 0 Å². The summed E-state index contributed by atoms with van der Waals surface area (Å²) in [6.45, 7) is 1.44. The summed E-state index contributed by atoms with van der Waals surface area (Å²) < 4.78 is 27.9. The van der Waals surface area contributed by atoms with Gasteiger partial charge in [0, 0.05) is 18.1 Å². The smallest absolute Gasteiger partial charge is 0.244 e. The van der Waals surface area contributed by atoms with Crippen molar-refractivity contribution in [3.63, 3.8) is 0 Å². The predicted octanol–water partition coefficient (Wildman–Crippen LogP) is 4.85. The van der Waals surface area contributed by atoms with E-state index < -0.39 is 22.0 Å². The van der Waals surface area contributed by atoms with Crippen LogP contribution in [0.3, 0.4) is 0 Å². The number of carbonyl (C=O) groups excluding carboxylic acids is 2. The summed E-state index contributed by atoms with van der Waals surface area (Å²) in [7, 11) is -2.24. The van der Waals surface area contributed by atoms with Gasteiger partial charge in [-0.3, -0.25) is 13.9 Å². The molecule has 0 spiro atoms. The first-order chi connectivity index (χ1) is 18.5. The Morgan fingerprint density at radius 2 is 1.62 bits per heavy atom. The van der Waals surface area contributed by atoms with Gasteiger partial charge in [-0.15, -0.1) is 0 Å². The Kier molecular flexibility index (Phi) is 7.85. The average molecular weight is 617 g/mol. The van der Waals surface area contributed by atoms with E-state index in [1.807, 2.05) is 36.4 Å². The molecular weight excluding hydrogens is 578 g/mol. The predicted molar refractivity (Wildman–Crippen MR) is 157 cm³/mol. The monoisotopic (exact) mass is 615 g/mol. The number of nitrogens with zero attached hydrogens (tertiary/aromatic N) is 2. The quantitative estimate of drug-likeness (QED) is 0.437. The van der Waals surface area contributed by atoms with E-state index in [-0.39, 0.29) is 24.4 Å². The molecule has 1 N–H and O–H groups in total. The first-order valence-corrected chi connectivity index (χ1v) is 16.5. The van der Waals surface area contributed by atoms with Crippen molar-refractivity contribution in [3.8, 4) is 0 Å². The highest BCUT2D eigenvalue weighted by Gasteiger charge is 2.51. The molecule has 2 aromatic carbocycles. The lowest BCUT2D eigenvalue weighted by atomic mass is 9.48. The standard InChI is InChI=1S/C30H38BrN3O4S/c1-20(29(36)32-2)33(18-21-5-4-6-26(31)14-21)28(35)19-34(39(3,37)38)27-9-7-25(8-10-27)30-15-22-11-23(16-30)13-24(12-22)17-30/h4-10,14,20,22-24H,11-13,15-19H2,1-3H3,(H,32,36)/t20-,22?,23?,24?,30?/m0/s1. The van der Waals surface area contributed by atoms with Crippen LogP contribution in [0.1, 0.15) is 56.6 Å². The molecule has 0 aromatic heterocycles.